The van der Waals surface area contributed by atoms with Crippen molar-refractivity contribution in [3.8, 4) is 0 Å². The van der Waals surface area contributed by atoms with Gasteiger partial charge in [0.25, 0.3) is 0 Å². The summed E-state index contributed by atoms with van der Waals surface area (Å²) in [5.74, 6) is -1.77. The fraction of sp³-hybridized carbons (Fsp3) is 0.958. The second-order valence-electron chi connectivity index (χ2n) is 11.2. The van der Waals surface area contributed by atoms with Gasteiger partial charge < -0.3 is 99.5 Å². The number of aliphatic carboxylic acids is 1. The molecule has 4 fully saturated rings. The average molecular weight is 665 g/mol. The Morgan fingerprint density at radius 3 is 1.64 bits per heavy atom. The van der Waals surface area contributed by atoms with Gasteiger partial charge in [-0.15, -0.1) is 0 Å². The minimum absolute atomic E-state index is 0.743. The molecule has 0 spiro atoms. The second-order valence-corrected chi connectivity index (χ2v) is 11.2. The van der Waals surface area contributed by atoms with Crippen molar-refractivity contribution >= 4 is 5.97 Å². The molecule has 21 nitrogen and oxygen atoms in total. The number of ether oxygens (including phenoxy) is 7. The predicted molar refractivity (Wildman–Crippen MR) is 133 cm³/mol. The van der Waals surface area contributed by atoms with Crippen LogP contribution in [-0.4, -0.2) is 208 Å². The molecule has 262 valence electrons. The van der Waals surface area contributed by atoms with E-state index in [9.17, 15) is 71.2 Å². The number of rotatable bonds is 9. The molecule has 4 aliphatic heterocycles. The van der Waals surface area contributed by atoms with Gasteiger partial charge in [-0.1, -0.05) is 0 Å². The quantitative estimate of drug-likeness (QED) is 0.109. The first-order chi connectivity index (χ1) is 21.1. The average Bonchev–Trinajstić information content (AvgIpc) is 3.00. The Bertz CT molecular complexity index is 973. The van der Waals surface area contributed by atoms with Crippen molar-refractivity contribution in [2.75, 3.05) is 13.2 Å². The van der Waals surface area contributed by atoms with Crippen molar-refractivity contribution < 1.29 is 104 Å². The topological polar surface area (TPSA) is 345 Å². The van der Waals surface area contributed by atoms with Gasteiger partial charge in [0, 0.05) is 0 Å². The van der Waals surface area contributed by atoms with E-state index in [4.69, 9.17) is 33.2 Å². The van der Waals surface area contributed by atoms with Crippen LogP contribution in [0.15, 0.2) is 0 Å². The van der Waals surface area contributed by atoms with Gasteiger partial charge in [-0.3, -0.25) is 0 Å². The Morgan fingerprint density at radius 2 is 1.07 bits per heavy atom. The highest BCUT2D eigenvalue weighted by atomic mass is 16.8. The molecule has 0 aliphatic carbocycles. The molecule has 0 aromatic carbocycles. The van der Waals surface area contributed by atoms with Crippen molar-refractivity contribution in [2.45, 2.75) is 130 Å². The van der Waals surface area contributed by atoms with Gasteiger partial charge in [0.05, 0.1) is 19.3 Å². The molecule has 20 atom stereocenters. The van der Waals surface area contributed by atoms with E-state index in [0.29, 0.717) is 0 Å². The smallest absolute Gasteiger partial charge is 0.335 e. The molecule has 0 amide bonds. The zero-order valence-corrected chi connectivity index (χ0v) is 23.5. The Labute approximate surface area is 253 Å². The lowest BCUT2D eigenvalue weighted by atomic mass is 9.96. The van der Waals surface area contributed by atoms with Gasteiger partial charge >= 0.3 is 5.97 Å². The summed E-state index contributed by atoms with van der Waals surface area (Å²) < 4.78 is 37.2. The predicted octanol–water partition coefficient (Wildman–Crippen LogP) is -8.63. The number of carboxylic acid groups (broad SMARTS) is 1. The van der Waals surface area contributed by atoms with Crippen LogP contribution >= 0.6 is 0 Å². The van der Waals surface area contributed by atoms with Gasteiger partial charge in [0.2, 0.25) is 0 Å². The Hall–Kier alpha value is -1.29. The number of aliphatic hydroxyl groups excluding tert-OH is 12. The first-order valence-corrected chi connectivity index (χ1v) is 14.0. The van der Waals surface area contributed by atoms with E-state index < -0.39 is 142 Å². The van der Waals surface area contributed by atoms with Gasteiger partial charge in [0.15, 0.2) is 31.3 Å². The van der Waals surface area contributed by atoms with Crippen LogP contribution in [0.4, 0.5) is 0 Å². The normalized spacial score (nSPS) is 52.8. The summed E-state index contributed by atoms with van der Waals surface area (Å²) in [7, 11) is 0. The summed E-state index contributed by atoms with van der Waals surface area (Å²) >= 11 is 0. The van der Waals surface area contributed by atoms with Gasteiger partial charge in [-0.25, -0.2) is 4.79 Å². The highest BCUT2D eigenvalue weighted by Crippen LogP contribution is 2.33. The van der Waals surface area contributed by atoms with Crippen LogP contribution in [0.25, 0.3) is 0 Å². The van der Waals surface area contributed by atoms with E-state index in [1.165, 1.54) is 6.92 Å². The van der Waals surface area contributed by atoms with Crippen LogP contribution in [0.3, 0.4) is 0 Å². The molecule has 13 N–H and O–H groups in total. The molecule has 1 unspecified atom stereocenters. The van der Waals surface area contributed by atoms with Gasteiger partial charge in [-0.2, -0.15) is 0 Å². The number of carboxylic acids is 1. The monoisotopic (exact) mass is 664 g/mol. The summed E-state index contributed by atoms with van der Waals surface area (Å²) in [6.07, 6.45) is -36.5. The Balaban J connectivity index is 1.47. The van der Waals surface area contributed by atoms with Crippen molar-refractivity contribution in [2.24, 2.45) is 0 Å². The van der Waals surface area contributed by atoms with Gasteiger partial charge in [0.1, 0.15) is 85.5 Å². The number of hydrogen-bond donors (Lipinski definition) is 13. The lowest BCUT2D eigenvalue weighted by Gasteiger charge is -2.47. The maximum atomic E-state index is 11.9. The fourth-order valence-electron chi connectivity index (χ4n) is 5.34. The zero-order chi connectivity index (χ0) is 33.5. The molecule has 4 saturated heterocycles. The van der Waals surface area contributed by atoms with Crippen LogP contribution in [-0.2, 0) is 38.0 Å². The summed E-state index contributed by atoms with van der Waals surface area (Å²) in [4.78, 5) is 11.9. The molecule has 0 saturated carbocycles. The Kier molecular flexibility index (Phi) is 12.1. The summed E-state index contributed by atoms with van der Waals surface area (Å²) in [5, 5.41) is 132. The molecule has 4 aliphatic rings. The lowest BCUT2D eigenvalue weighted by Crippen LogP contribution is -2.67. The van der Waals surface area contributed by atoms with Crippen LogP contribution in [0.5, 0.6) is 0 Å². The van der Waals surface area contributed by atoms with Crippen molar-refractivity contribution in [1.29, 1.82) is 0 Å². The molecular weight excluding hydrogens is 624 g/mol. The van der Waals surface area contributed by atoms with Crippen LogP contribution in [0.2, 0.25) is 0 Å². The van der Waals surface area contributed by atoms with Crippen LogP contribution in [0, 0.1) is 0 Å². The third-order valence-electron chi connectivity index (χ3n) is 8.11. The molecule has 0 aromatic heterocycles. The second kappa shape index (κ2) is 14.9. The van der Waals surface area contributed by atoms with E-state index in [-0.39, 0.29) is 0 Å². The minimum Gasteiger partial charge on any atom is -0.479 e. The summed E-state index contributed by atoms with van der Waals surface area (Å²) in [6, 6.07) is 0. The fourth-order valence-corrected chi connectivity index (χ4v) is 5.34. The molecule has 0 aromatic rings. The first kappa shape index (κ1) is 36.5. The molecule has 4 heterocycles. The first-order valence-electron chi connectivity index (χ1n) is 14.0. The third kappa shape index (κ3) is 7.41. The highest BCUT2D eigenvalue weighted by molar-refractivity contribution is 5.73. The van der Waals surface area contributed by atoms with E-state index in [0.717, 1.165) is 0 Å². The Morgan fingerprint density at radius 1 is 0.578 bits per heavy atom. The largest absolute Gasteiger partial charge is 0.479 e. The van der Waals surface area contributed by atoms with E-state index in [2.05, 4.69) is 0 Å². The van der Waals surface area contributed by atoms with E-state index in [1.54, 1.807) is 0 Å². The van der Waals surface area contributed by atoms with Crippen molar-refractivity contribution in [1.82, 2.24) is 0 Å². The summed E-state index contributed by atoms with van der Waals surface area (Å²) in [5.41, 5.74) is 0. The molecule has 21 heteroatoms. The highest BCUT2D eigenvalue weighted by Gasteiger charge is 2.55. The SMILES string of the molecule is C[C@@H]1O[C@@H](O[C@H]2C(O)O[C@H](C(=O)O)[C@H](O[C@@H]3O[C@H](CO[C@@H]4O[C@H](CO)[C@@H](O)[C@H](O)[C@H]4O)[C@H](O)[C@H](O)[C@H]3O)[C@@H]2O)[C@H](O)[C@H](O)[C@H]1O. The minimum atomic E-state index is -2.18. The van der Waals surface area contributed by atoms with Crippen LogP contribution in [0.1, 0.15) is 6.92 Å². The molecule has 0 radical (unpaired) electrons. The number of aliphatic hydroxyl groups is 12. The molecular formula is C24H40O21. The van der Waals surface area contributed by atoms with Crippen molar-refractivity contribution in [3.05, 3.63) is 0 Å². The third-order valence-corrected chi connectivity index (χ3v) is 8.11. The molecule has 45 heavy (non-hydrogen) atoms. The number of hydrogen-bond acceptors (Lipinski definition) is 20. The lowest BCUT2D eigenvalue weighted by molar-refractivity contribution is -0.379. The number of carbonyl (C=O) groups is 1. The van der Waals surface area contributed by atoms with Gasteiger partial charge in [-0.05, 0) is 6.92 Å². The standard InChI is InChI=1S/C24H40O21/c1-4-7(26)10(29)14(33)23(40-4)45-18-16(35)17(19(20(36)37)43-21(18)38)44-24-15(34)12(31)9(28)6(42-24)3-39-22-13(32)11(30)8(27)5(2-25)41-22/h4-19,21-35,38H,2-3H2,1H3,(H,36,37)/t4-,5+,6+,7-,8+,9-,10+,11-,12-,13+,14+,15+,16-,17+,18+,19-,21?,22+,23-,24-/m0/s1. The van der Waals surface area contributed by atoms with E-state index in [1.807, 2.05) is 0 Å². The maximum Gasteiger partial charge on any atom is 0.335 e. The summed E-state index contributed by atoms with van der Waals surface area (Å²) in [6.45, 7) is -0.184. The molecule has 0 bridgehead atoms. The zero-order valence-electron chi connectivity index (χ0n) is 23.5. The molecule has 4 rings (SSSR count). The van der Waals surface area contributed by atoms with Crippen molar-refractivity contribution in [3.63, 3.8) is 0 Å². The van der Waals surface area contributed by atoms with E-state index >= 15 is 0 Å². The maximum absolute atomic E-state index is 11.9. The van der Waals surface area contributed by atoms with Crippen LogP contribution < -0.4 is 0 Å².